The van der Waals surface area contributed by atoms with Gasteiger partial charge >= 0.3 is 23.9 Å². The van der Waals surface area contributed by atoms with E-state index in [2.05, 4.69) is 97.1 Å². The molecule has 62 heavy (non-hydrogen) atoms. The molecule has 0 N–H and O–H groups in total. The molecule has 0 aliphatic carbocycles. The van der Waals surface area contributed by atoms with Gasteiger partial charge in [0.15, 0.2) is 13.2 Å². The molecule has 0 fully saturated rings. The molecule has 0 aliphatic heterocycles. The van der Waals surface area contributed by atoms with E-state index < -0.39 is 24.1 Å². The predicted molar refractivity (Wildman–Crippen MR) is 248 cm³/mol. The summed E-state index contributed by atoms with van der Waals surface area (Å²) in [6.45, 7) is 10.3. The van der Waals surface area contributed by atoms with Gasteiger partial charge < -0.3 is 18.9 Å². The first-order valence-electron chi connectivity index (χ1n) is 21.3. The van der Waals surface area contributed by atoms with Gasteiger partial charge in [-0.25, -0.2) is 9.59 Å². The van der Waals surface area contributed by atoms with Gasteiger partial charge in [-0.2, -0.15) is 0 Å². The average Bonchev–Trinajstić information content (AvgIpc) is 3.29. The molecule has 316 valence electrons. The maximum Gasteiger partial charge on any atom is 0.344 e. The Balaban J connectivity index is 0.000000186. The number of carbonyl (C=O) groups is 4. The van der Waals surface area contributed by atoms with Gasteiger partial charge in [-0.1, -0.05) is 125 Å². The molecule has 0 saturated heterocycles. The fraction of sp³-hybridized carbons (Fsp3) is 0.259. The van der Waals surface area contributed by atoms with Crippen molar-refractivity contribution in [3.05, 3.63) is 145 Å². The monoisotopic (exact) mass is 828 g/mol. The summed E-state index contributed by atoms with van der Waals surface area (Å²) in [5, 5.41) is 14.1. The Morgan fingerprint density at radius 2 is 0.774 bits per heavy atom. The smallest absolute Gasteiger partial charge is 0.344 e. The van der Waals surface area contributed by atoms with Crippen molar-refractivity contribution in [3.63, 3.8) is 0 Å². The lowest BCUT2D eigenvalue weighted by molar-refractivity contribution is -0.164. The van der Waals surface area contributed by atoms with Crippen LogP contribution < -0.4 is 0 Å². The Morgan fingerprint density at radius 3 is 1.31 bits per heavy atom. The molecule has 0 saturated carbocycles. The van der Waals surface area contributed by atoms with Gasteiger partial charge in [0.05, 0.1) is 11.8 Å². The zero-order valence-corrected chi connectivity index (χ0v) is 36.1. The summed E-state index contributed by atoms with van der Waals surface area (Å²) in [4.78, 5) is 47.7. The summed E-state index contributed by atoms with van der Waals surface area (Å²) in [6.07, 6.45) is 0.468. The molecule has 8 heteroatoms. The van der Waals surface area contributed by atoms with E-state index in [-0.39, 0.29) is 37.0 Å². The van der Waals surface area contributed by atoms with Gasteiger partial charge in [0.25, 0.3) is 0 Å². The first kappa shape index (κ1) is 43.3. The highest BCUT2D eigenvalue weighted by Crippen LogP contribution is 2.33. The Bertz CT molecular complexity index is 2890. The molecular formula is C54H52O8. The molecule has 0 radical (unpaired) electrons. The molecule has 0 amide bonds. The third-order valence-electron chi connectivity index (χ3n) is 11.7. The van der Waals surface area contributed by atoms with Gasteiger partial charge in [0.1, 0.15) is 12.2 Å². The predicted octanol–water partition coefficient (Wildman–Crippen LogP) is 12.7. The maximum atomic E-state index is 12.1. The second kappa shape index (κ2) is 19.3. The molecule has 8 rings (SSSR count). The fourth-order valence-corrected chi connectivity index (χ4v) is 7.54. The third-order valence-corrected chi connectivity index (χ3v) is 11.7. The SMILES string of the molecule is CCC(C)C(=O)OCC(=O)OC(C)c1ccc2c(ccc3c4ccccc4ccc23)c1.CCC(C)C(=O)OCC(=O)OC(C)c1ccc2cc3cc4ccccc4cc3cc2c1. The molecule has 8 nitrogen and oxygen atoms in total. The Labute approximate surface area is 361 Å². The van der Waals surface area contributed by atoms with Crippen LogP contribution >= 0.6 is 0 Å². The van der Waals surface area contributed by atoms with E-state index in [4.69, 9.17) is 18.9 Å². The topological polar surface area (TPSA) is 105 Å². The highest BCUT2D eigenvalue weighted by molar-refractivity contribution is 6.17. The molecule has 0 bridgehead atoms. The minimum Gasteiger partial charge on any atom is -0.455 e. The molecule has 4 atom stereocenters. The Morgan fingerprint density at radius 1 is 0.403 bits per heavy atom. The van der Waals surface area contributed by atoms with Crippen molar-refractivity contribution in [2.45, 2.75) is 66.6 Å². The molecule has 0 aromatic heterocycles. The average molecular weight is 829 g/mol. The number of ether oxygens (including phenoxy) is 4. The number of benzene rings is 8. The number of fused-ring (bicyclic) bond motifs is 8. The van der Waals surface area contributed by atoms with E-state index in [1.807, 2.05) is 64.1 Å². The van der Waals surface area contributed by atoms with Crippen LogP contribution in [0.4, 0.5) is 0 Å². The Kier molecular flexibility index (Phi) is 13.5. The third kappa shape index (κ3) is 9.87. The van der Waals surface area contributed by atoms with E-state index >= 15 is 0 Å². The summed E-state index contributed by atoms with van der Waals surface area (Å²) in [5.74, 6) is -2.30. The zero-order valence-electron chi connectivity index (χ0n) is 36.1. The fourth-order valence-electron chi connectivity index (χ4n) is 7.54. The van der Waals surface area contributed by atoms with Crippen LogP contribution in [0.25, 0.3) is 64.6 Å². The van der Waals surface area contributed by atoms with E-state index in [0.29, 0.717) is 12.8 Å². The normalized spacial score (nSPS) is 13.3. The number of esters is 4. The second-order valence-electron chi connectivity index (χ2n) is 16.0. The molecule has 0 heterocycles. The maximum absolute atomic E-state index is 12.1. The van der Waals surface area contributed by atoms with Crippen LogP contribution in [0.15, 0.2) is 133 Å². The lowest BCUT2D eigenvalue weighted by atomic mass is 9.95. The summed E-state index contributed by atoms with van der Waals surface area (Å²) < 4.78 is 21.0. The molecule has 8 aromatic carbocycles. The van der Waals surface area contributed by atoms with Crippen molar-refractivity contribution in [2.75, 3.05) is 13.2 Å². The number of carbonyl (C=O) groups excluding carboxylic acids is 4. The molecule has 4 unspecified atom stereocenters. The highest BCUT2D eigenvalue weighted by Gasteiger charge is 2.19. The van der Waals surface area contributed by atoms with Crippen LogP contribution in [0.1, 0.15) is 77.7 Å². The van der Waals surface area contributed by atoms with Gasteiger partial charge in [-0.3, -0.25) is 9.59 Å². The second-order valence-corrected chi connectivity index (χ2v) is 16.0. The lowest BCUT2D eigenvalue weighted by Gasteiger charge is -2.16. The van der Waals surface area contributed by atoms with Crippen LogP contribution in [0.2, 0.25) is 0 Å². The number of hydrogen-bond acceptors (Lipinski definition) is 8. The van der Waals surface area contributed by atoms with E-state index in [1.54, 1.807) is 13.8 Å². The molecule has 0 aliphatic rings. The quantitative estimate of drug-likeness (QED) is 0.0519. The van der Waals surface area contributed by atoms with Crippen LogP contribution in [0, 0.1) is 11.8 Å². The van der Waals surface area contributed by atoms with Crippen molar-refractivity contribution in [2.24, 2.45) is 11.8 Å². The van der Waals surface area contributed by atoms with E-state index in [0.717, 1.165) is 32.7 Å². The summed E-state index contributed by atoms with van der Waals surface area (Å²) in [7, 11) is 0. The van der Waals surface area contributed by atoms with Gasteiger partial charge in [0, 0.05) is 0 Å². The van der Waals surface area contributed by atoms with Crippen molar-refractivity contribution >= 4 is 88.5 Å². The minimum absolute atomic E-state index is 0.224. The highest BCUT2D eigenvalue weighted by atomic mass is 16.6. The van der Waals surface area contributed by atoms with Gasteiger partial charge in [-0.05, 0) is 139 Å². The molecule has 0 spiro atoms. The van der Waals surface area contributed by atoms with Crippen molar-refractivity contribution in [1.29, 1.82) is 0 Å². The standard InChI is InChI=1S/2C27H26O4/c1-4-17(2)27(29)30-16-26(28)31-18(3)20-10-12-23-21(15-20)11-14-24-22-8-6-5-7-19(22)9-13-25(23)24;1-4-17(2)27(29)30-16-26(28)31-18(3)19-9-10-22-14-24-12-20-7-5-6-8-21(20)13-25(24)15-23(22)11-19/h2*5-15,17-18H,4,16H2,1-3H3. The van der Waals surface area contributed by atoms with Crippen LogP contribution in [-0.2, 0) is 38.1 Å². The summed E-state index contributed by atoms with van der Waals surface area (Å²) in [5.41, 5.74) is 1.79. The largest absolute Gasteiger partial charge is 0.455 e. The van der Waals surface area contributed by atoms with E-state index in [9.17, 15) is 19.2 Å². The Hall–Kier alpha value is -6.80. The molecule has 8 aromatic rings. The first-order valence-corrected chi connectivity index (χ1v) is 21.3. The molecular weight excluding hydrogens is 777 g/mol. The van der Waals surface area contributed by atoms with Crippen molar-refractivity contribution < 1.29 is 38.1 Å². The first-order chi connectivity index (χ1) is 29.9. The lowest BCUT2D eigenvalue weighted by Crippen LogP contribution is -2.21. The summed E-state index contributed by atoms with van der Waals surface area (Å²) in [6, 6.07) is 46.2. The van der Waals surface area contributed by atoms with Crippen molar-refractivity contribution in [1.82, 2.24) is 0 Å². The van der Waals surface area contributed by atoms with Gasteiger partial charge in [0.2, 0.25) is 0 Å². The van der Waals surface area contributed by atoms with Crippen LogP contribution in [0.5, 0.6) is 0 Å². The minimum atomic E-state index is -0.547. The van der Waals surface area contributed by atoms with Gasteiger partial charge in [-0.15, -0.1) is 0 Å². The van der Waals surface area contributed by atoms with Crippen LogP contribution in [-0.4, -0.2) is 37.1 Å². The number of hydrogen-bond donors (Lipinski definition) is 0. The zero-order chi connectivity index (χ0) is 43.9. The van der Waals surface area contributed by atoms with Crippen molar-refractivity contribution in [3.8, 4) is 0 Å². The number of rotatable bonds is 12. The van der Waals surface area contributed by atoms with Crippen LogP contribution in [0.3, 0.4) is 0 Å². The summed E-state index contributed by atoms with van der Waals surface area (Å²) >= 11 is 0. The van der Waals surface area contributed by atoms with E-state index in [1.165, 1.54) is 43.1 Å².